The molecule has 2 aliphatic rings. The molecule has 0 saturated heterocycles. The molecule has 1 N–H and O–H groups in total. The van der Waals surface area contributed by atoms with Gasteiger partial charge in [-0.15, -0.1) is 0 Å². The standard InChI is InChI=1S/C18H14N2O3/c1-10(21)11-4-5-12-14(9-11)18(17(23)20-16(12)22)7-6-15-13(18)3-2-8-19-15/h2-5,8-9H,6-7H2,1H3,(H,20,22,23). The Bertz CT molecular complexity index is 888. The second-order valence-corrected chi connectivity index (χ2v) is 6.00. The van der Waals surface area contributed by atoms with Gasteiger partial charge in [-0.3, -0.25) is 24.7 Å². The molecule has 0 bridgehead atoms. The molecule has 1 aromatic carbocycles. The van der Waals surface area contributed by atoms with E-state index in [1.54, 1.807) is 30.5 Å². The van der Waals surface area contributed by atoms with Gasteiger partial charge in [0, 0.05) is 23.0 Å². The van der Waals surface area contributed by atoms with Crippen molar-refractivity contribution >= 4 is 17.6 Å². The van der Waals surface area contributed by atoms with Crippen molar-refractivity contribution in [3.63, 3.8) is 0 Å². The second-order valence-electron chi connectivity index (χ2n) is 6.00. The maximum Gasteiger partial charge on any atom is 0.258 e. The van der Waals surface area contributed by atoms with E-state index in [4.69, 9.17) is 0 Å². The van der Waals surface area contributed by atoms with E-state index < -0.39 is 11.3 Å². The molecule has 1 unspecified atom stereocenters. The van der Waals surface area contributed by atoms with Gasteiger partial charge in [-0.25, -0.2) is 0 Å². The molecule has 4 rings (SSSR count). The number of imide groups is 1. The average molecular weight is 306 g/mol. The second kappa shape index (κ2) is 4.59. The van der Waals surface area contributed by atoms with Crippen molar-refractivity contribution in [2.75, 3.05) is 0 Å². The molecule has 0 fully saturated rings. The van der Waals surface area contributed by atoms with E-state index in [1.165, 1.54) is 6.92 Å². The fourth-order valence-electron chi connectivity index (χ4n) is 3.70. The van der Waals surface area contributed by atoms with Crippen LogP contribution >= 0.6 is 0 Å². The number of hydrogen-bond acceptors (Lipinski definition) is 4. The molecule has 2 amide bonds. The van der Waals surface area contributed by atoms with Crippen molar-refractivity contribution in [3.05, 3.63) is 64.5 Å². The Kier molecular flexibility index (Phi) is 2.75. The van der Waals surface area contributed by atoms with E-state index in [9.17, 15) is 14.4 Å². The third kappa shape index (κ3) is 1.73. The molecule has 1 aliphatic carbocycles. The quantitative estimate of drug-likeness (QED) is 0.644. The molecule has 23 heavy (non-hydrogen) atoms. The van der Waals surface area contributed by atoms with Crippen LogP contribution in [0.4, 0.5) is 0 Å². The van der Waals surface area contributed by atoms with Gasteiger partial charge < -0.3 is 0 Å². The van der Waals surface area contributed by atoms with Crippen molar-refractivity contribution in [3.8, 4) is 0 Å². The molecular weight excluding hydrogens is 292 g/mol. The van der Waals surface area contributed by atoms with E-state index in [0.717, 1.165) is 11.3 Å². The molecule has 2 aromatic rings. The van der Waals surface area contributed by atoms with E-state index in [2.05, 4.69) is 10.3 Å². The van der Waals surface area contributed by atoms with Gasteiger partial charge in [0.25, 0.3) is 5.91 Å². The van der Waals surface area contributed by atoms with Gasteiger partial charge in [0.15, 0.2) is 5.78 Å². The van der Waals surface area contributed by atoms with Gasteiger partial charge in [-0.1, -0.05) is 12.1 Å². The summed E-state index contributed by atoms with van der Waals surface area (Å²) in [6, 6.07) is 8.63. The highest BCUT2D eigenvalue weighted by Gasteiger charge is 2.52. The SMILES string of the molecule is CC(=O)c1ccc2c(c1)C1(CCc3ncccc31)C(=O)NC2=O. The lowest BCUT2D eigenvalue weighted by Crippen LogP contribution is -2.51. The van der Waals surface area contributed by atoms with Crippen molar-refractivity contribution in [1.82, 2.24) is 10.3 Å². The monoisotopic (exact) mass is 306 g/mol. The number of carbonyl (C=O) groups is 3. The maximum atomic E-state index is 12.8. The molecule has 1 aromatic heterocycles. The van der Waals surface area contributed by atoms with Gasteiger partial charge in [0.2, 0.25) is 5.91 Å². The minimum Gasteiger partial charge on any atom is -0.295 e. The number of amides is 2. The summed E-state index contributed by atoms with van der Waals surface area (Å²) in [4.78, 5) is 41.1. The minimum atomic E-state index is -0.932. The van der Waals surface area contributed by atoms with Gasteiger partial charge in [-0.2, -0.15) is 0 Å². The largest absolute Gasteiger partial charge is 0.295 e. The highest BCUT2D eigenvalue weighted by Crippen LogP contribution is 2.46. The van der Waals surface area contributed by atoms with Crippen LogP contribution in [-0.4, -0.2) is 22.6 Å². The van der Waals surface area contributed by atoms with Crippen LogP contribution < -0.4 is 5.32 Å². The van der Waals surface area contributed by atoms with Crippen LogP contribution in [0, 0.1) is 0 Å². The highest BCUT2D eigenvalue weighted by atomic mass is 16.2. The molecule has 0 saturated carbocycles. The average Bonchev–Trinajstić information content (AvgIpc) is 2.93. The molecule has 114 valence electrons. The van der Waals surface area contributed by atoms with E-state index in [1.807, 2.05) is 6.07 Å². The van der Waals surface area contributed by atoms with Crippen LogP contribution in [0.2, 0.25) is 0 Å². The fraction of sp³-hybridized carbons (Fsp3) is 0.222. The molecule has 2 heterocycles. The van der Waals surface area contributed by atoms with Crippen molar-refractivity contribution in [2.45, 2.75) is 25.2 Å². The number of carbonyl (C=O) groups excluding carboxylic acids is 3. The maximum absolute atomic E-state index is 12.8. The van der Waals surface area contributed by atoms with Gasteiger partial charge >= 0.3 is 0 Å². The first kappa shape index (κ1) is 13.8. The summed E-state index contributed by atoms with van der Waals surface area (Å²) in [5, 5.41) is 2.47. The number of aromatic nitrogens is 1. The van der Waals surface area contributed by atoms with Gasteiger partial charge in [-0.05, 0) is 49.1 Å². The first-order chi connectivity index (χ1) is 11.0. The van der Waals surface area contributed by atoms with Crippen LogP contribution in [-0.2, 0) is 16.6 Å². The van der Waals surface area contributed by atoms with Crippen molar-refractivity contribution in [1.29, 1.82) is 0 Å². The number of Topliss-reactive ketones (excluding diaryl/α,β-unsaturated/α-hetero) is 1. The Labute approximate surface area is 132 Å². The van der Waals surface area contributed by atoms with E-state index >= 15 is 0 Å². The molecule has 0 radical (unpaired) electrons. The third-order valence-corrected chi connectivity index (χ3v) is 4.83. The Morgan fingerprint density at radius 1 is 1.22 bits per heavy atom. The normalized spacial score (nSPS) is 21.8. The number of hydrogen-bond donors (Lipinski definition) is 1. The summed E-state index contributed by atoms with van der Waals surface area (Å²) in [5.74, 6) is -0.837. The van der Waals surface area contributed by atoms with Gasteiger partial charge in [0.05, 0.1) is 0 Å². The third-order valence-electron chi connectivity index (χ3n) is 4.83. The van der Waals surface area contributed by atoms with E-state index in [-0.39, 0.29) is 11.7 Å². The predicted molar refractivity (Wildman–Crippen MR) is 82.3 cm³/mol. The number of rotatable bonds is 1. The number of fused-ring (bicyclic) bond motifs is 4. The van der Waals surface area contributed by atoms with Crippen LogP contribution in [0.3, 0.4) is 0 Å². The van der Waals surface area contributed by atoms with Crippen LogP contribution in [0.25, 0.3) is 0 Å². The molecule has 1 spiro atoms. The zero-order chi connectivity index (χ0) is 16.2. The summed E-state index contributed by atoms with van der Waals surface area (Å²) in [5.41, 5.74) is 2.33. The molecule has 1 aliphatic heterocycles. The number of aryl methyl sites for hydroxylation is 1. The lowest BCUT2D eigenvalue weighted by atomic mass is 9.70. The molecule has 5 heteroatoms. The zero-order valence-corrected chi connectivity index (χ0v) is 12.6. The lowest BCUT2D eigenvalue weighted by molar-refractivity contribution is -0.124. The molecule has 1 atom stereocenters. The van der Waals surface area contributed by atoms with E-state index in [0.29, 0.717) is 29.5 Å². The molecule has 5 nitrogen and oxygen atoms in total. The number of ketones is 1. The summed E-state index contributed by atoms with van der Waals surface area (Å²) in [6.45, 7) is 1.48. The minimum absolute atomic E-state index is 0.0919. The summed E-state index contributed by atoms with van der Waals surface area (Å²) in [7, 11) is 0. The van der Waals surface area contributed by atoms with Crippen LogP contribution in [0.1, 0.15) is 50.9 Å². The first-order valence-electron chi connectivity index (χ1n) is 7.49. The van der Waals surface area contributed by atoms with Gasteiger partial charge in [0.1, 0.15) is 5.41 Å². The zero-order valence-electron chi connectivity index (χ0n) is 12.6. The Morgan fingerprint density at radius 3 is 2.83 bits per heavy atom. The smallest absolute Gasteiger partial charge is 0.258 e. The summed E-state index contributed by atoms with van der Waals surface area (Å²) >= 11 is 0. The lowest BCUT2D eigenvalue weighted by Gasteiger charge is -2.34. The number of benzene rings is 1. The number of nitrogens with zero attached hydrogens (tertiary/aromatic N) is 1. The highest BCUT2D eigenvalue weighted by molar-refractivity contribution is 6.15. The summed E-state index contributed by atoms with van der Waals surface area (Å²) in [6.07, 6.45) is 2.92. The number of pyridine rings is 1. The molecular formula is C18H14N2O3. The summed E-state index contributed by atoms with van der Waals surface area (Å²) < 4.78 is 0. The van der Waals surface area contributed by atoms with Crippen LogP contribution in [0.5, 0.6) is 0 Å². The first-order valence-corrected chi connectivity index (χ1v) is 7.49. The Morgan fingerprint density at radius 2 is 2.04 bits per heavy atom. The van der Waals surface area contributed by atoms with Crippen molar-refractivity contribution in [2.24, 2.45) is 0 Å². The predicted octanol–water partition coefficient (Wildman–Crippen LogP) is 1.79. The van der Waals surface area contributed by atoms with Crippen LogP contribution in [0.15, 0.2) is 36.5 Å². The number of nitrogens with one attached hydrogen (secondary N) is 1. The Hall–Kier alpha value is -2.82. The Balaban J connectivity index is 2.05. The van der Waals surface area contributed by atoms with Crippen molar-refractivity contribution < 1.29 is 14.4 Å². The topological polar surface area (TPSA) is 76.1 Å². The fourth-order valence-corrected chi connectivity index (χ4v) is 3.70.